The Morgan fingerprint density at radius 2 is 1.86 bits per heavy atom. The molecule has 5 rings (SSSR count). The van der Waals surface area contributed by atoms with Crippen LogP contribution < -0.4 is 15.0 Å². The van der Waals surface area contributed by atoms with Gasteiger partial charge in [0, 0.05) is 30.3 Å². The number of carbonyl (C=O) groups is 1. The maximum absolute atomic E-state index is 13.3. The van der Waals surface area contributed by atoms with E-state index in [9.17, 15) is 9.90 Å². The van der Waals surface area contributed by atoms with E-state index in [2.05, 4.69) is 15.1 Å². The number of rotatable bonds is 9. The number of halogens is 2. The molecule has 0 bridgehead atoms. The quantitative estimate of drug-likeness (QED) is 0.509. The first-order chi connectivity index (χ1) is 17.5. The van der Waals surface area contributed by atoms with Gasteiger partial charge in [0.25, 0.3) is 0 Å². The SMILES string of the molecule is O=C(N[C@H](CN1CCCC1)[C@H](O)c1ccc(OC2COC2)c(Cl)c1)C1CCN(c2ccc(Cl)cc2)C1. The van der Waals surface area contributed by atoms with Gasteiger partial charge in [0.05, 0.1) is 30.2 Å². The number of likely N-dealkylation sites (tertiary alicyclic amines) is 1. The third-order valence-corrected chi connectivity index (χ3v) is 7.86. The minimum Gasteiger partial charge on any atom is -0.484 e. The molecule has 36 heavy (non-hydrogen) atoms. The number of aliphatic hydroxyl groups excluding tert-OH is 1. The molecule has 0 saturated carbocycles. The number of nitrogens with one attached hydrogen (secondary N) is 1. The molecule has 0 aromatic heterocycles. The van der Waals surface area contributed by atoms with Gasteiger partial charge in [-0.1, -0.05) is 29.3 Å². The van der Waals surface area contributed by atoms with E-state index in [1.165, 1.54) is 0 Å². The first kappa shape index (κ1) is 25.6. The van der Waals surface area contributed by atoms with Gasteiger partial charge in [0.1, 0.15) is 18.0 Å². The molecule has 1 amide bonds. The number of benzene rings is 2. The lowest BCUT2D eigenvalue weighted by Gasteiger charge is -2.30. The molecule has 3 aliphatic heterocycles. The molecular weight excluding hydrogens is 501 g/mol. The lowest BCUT2D eigenvalue weighted by atomic mass is 10.00. The molecule has 9 heteroatoms. The normalized spacial score (nSPS) is 22.3. The maximum Gasteiger partial charge on any atom is 0.225 e. The van der Waals surface area contributed by atoms with Crippen LogP contribution in [0.3, 0.4) is 0 Å². The number of aliphatic hydroxyl groups is 1. The lowest BCUT2D eigenvalue weighted by Crippen LogP contribution is -2.48. The zero-order chi connectivity index (χ0) is 25.1. The molecule has 7 nitrogen and oxygen atoms in total. The Hall–Kier alpha value is -2.03. The zero-order valence-electron chi connectivity index (χ0n) is 20.2. The fourth-order valence-corrected chi connectivity index (χ4v) is 5.48. The predicted octanol–water partition coefficient (Wildman–Crippen LogP) is 3.91. The number of amides is 1. The summed E-state index contributed by atoms with van der Waals surface area (Å²) in [6.45, 7) is 5.11. The molecule has 1 unspecified atom stereocenters. The topological polar surface area (TPSA) is 74.3 Å². The van der Waals surface area contributed by atoms with E-state index < -0.39 is 12.1 Å². The number of hydrogen-bond acceptors (Lipinski definition) is 6. The van der Waals surface area contributed by atoms with Gasteiger partial charge in [-0.05, 0) is 74.3 Å². The average Bonchev–Trinajstić information content (AvgIpc) is 3.54. The highest BCUT2D eigenvalue weighted by molar-refractivity contribution is 6.32. The summed E-state index contributed by atoms with van der Waals surface area (Å²) in [5.74, 6) is 0.415. The van der Waals surface area contributed by atoms with E-state index in [4.69, 9.17) is 32.7 Å². The fraction of sp³-hybridized carbons (Fsp3) is 0.519. The molecule has 0 aliphatic carbocycles. The van der Waals surface area contributed by atoms with E-state index in [1.54, 1.807) is 12.1 Å². The van der Waals surface area contributed by atoms with Crippen molar-refractivity contribution in [3.05, 3.63) is 58.1 Å². The third-order valence-electron chi connectivity index (χ3n) is 7.31. The summed E-state index contributed by atoms with van der Waals surface area (Å²) >= 11 is 12.5. The molecule has 3 fully saturated rings. The van der Waals surface area contributed by atoms with Crippen molar-refractivity contribution in [2.75, 3.05) is 50.8 Å². The van der Waals surface area contributed by atoms with Gasteiger partial charge in [0.15, 0.2) is 0 Å². The van der Waals surface area contributed by atoms with Crippen molar-refractivity contribution in [2.45, 2.75) is 37.5 Å². The number of anilines is 1. The fourth-order valence-electron chi connectivity index (χ4n) is 5.12. The van der Waals surface area contributed by atoms with Crippen molar-refractivity contribution in [2.24, 2.45) is 5.92 Å². The molecule has 2 aromatic carbocycles. The van der Waals surface area contributed by atoms with Crippen LogP contribution in [-0.4, -0.2) is 74.0 Å². The maximum atomic E-state index is 13.3. The second-order valence-electron chi connectivity index (χ2n) is 9.94. The van der Waals surface area contributed by atoms with Crippen molar-refractivity contribution in [3.8, 4) is 5.75 Å². The Kier molecular flexibility index (Phi) is 8.23. The van der Waals surface area contributed by atoms with Crippen LogP contribution in [0.1, 0.15) is 30.9 Å². The van der Waals surface area contributed by atoms with Crippen LogP contribution in [0, 0.1) is 5.92 Å². The van der Waals surface area contributed by atoms with E-state index in [-0.39, 0.29) is 17.9 Å². The van der Waals surface area contributed by atoms with Crippen LogP contribution in [0.2, 0.25) is 10.0 Å². The number of nitrogens with zero attached hydrogens (tertiary/aromatic N) is 2. The number of hydrogen-bond donors (Lipinski definition) is 2. The molecule has 3 saturated heterocycles. The second kappa shape index (κ2) is 11.6. The standard InChI is InChI=1S/C27H33Cl2N3O4/c28-20-4-6-21(7-5-20)32-12-9-19(14-32)27(34)30-24(15-31-10-1-2-11-31)26(33)18-3-8-25(23(29)13-18)36-22-16-35-17-22/h3-8,13,19,22,24,26,33H,1-2,9-12,14-17H2,(H,30,34)/t19?,24-,26-/m1/s1. The van der Waals surface area contributed by atoms with Gasteiger partial charge in [-0.3, -0.25) is 4.79 Å². The summed E-state index contributed by atoms with van der Waals surface area (Å²) in [4.78, 5) is 17.8. The van der Waals surface area contributed by atoms with Crippen LogP contribution in [0.25, 0.3) is 0 Å². The largest absolute Gasteiger partial charge is 0.484 e. The minimum atomic E-state index is -0.887. The summed E-state index contributed by atoms with van der Waals surface area (Å²) in [7, 11) is 0. The zero-order valence-corrected chi connectivity index (χ0v) is 21.8. The van der Waals surface area contributed by atoms with Crippen molar-refractivity contribution < 1.29 is 19.4 Å². The molecule has 3 atom stereocenters. The summed E-state index contributed by atoms with van der Waals surface area (Å²) < 4.78 is 11.0. The van der Waals surface area contributed by atoms with Crippen molar-refractivity contribution >= 4 is 34.8 Å². The Morgan fingerprint density at radius 1 is 1.11 bits per heavy atom. The van der Waals surface area contributed by atoms with Crippen molar-refractivity contribution in [1.29, 1.82) is 0 Å². The summed E-state index contributed by atoms with van der Waals surface area (Å²) in [6, 6.07) is 12.6. The Bertz CT molecular complexity index is 1040. The van der Waals surface area contributed by atoms with Gasteiger partial charge in [-0.2, -0.15) is 0 Å². The molecular formula is C27H33Cl2N3O4. The predicted molar refractivity (Wildman–Crippen MR) is 141 cm³/mol. The van der Waals surface area contributed by atoms with Crippen molar-refractivity contribution in [3.63, 3.8) is 0 Å². The lowest BCUT2D eigenvalue weighted by molar-refractivity contribution is -0.126. The molecule has 3 heterocycles. The highest BCUT2D eigenvalue weighted by atomic mass is 35.5. The Labute approximate surface area is 222 Å². The van der Waals surface area contributed by atoms with Crippen LogP contribution >= 0.6 is 23.2 Å². The first-order valence-corrected chi connectivity index (χ1v) is 13.5. The molecule has 2 N–H and O–H groups in total. The van der Waals surface area contributed by atoms with Crippen LogP contribution in [0.15, 0.2) is 42.5 Å². The number of ether oxygens (including phenoxy) is 2. The van der Waals surface area contributed by atoms with Gasteiger partial charge in [0.2, 0.25) is 5.91 Å². The molecule has 194 valence electrons. The molecule has 3 aliphatic rings. The van der Waals surface area contributed by atoms with Gasteiger partial charge in [-0.15, -0.1) is 0 Å². The summed E-state index contributed by atoms with van der Waals surface area (Å²) in [5.41, 5.74) is 1.73. The Morgan fingerprint density at radius 3 is 2.53 bits per heavy atom. The molecule has 2 aromatic rings. The molecule has 0 radical (unpaired) electrons. The van der Waals surface area contributed by atoms with E-state index in [0.717, 1.165) is 44.6 Å². The summed E-state index contributed by atoms with van der Waals surface area (Å²) in [5, 5.41) is 15.7. The third kappa shape index (κ3) is 6.09. The second-order valence-corrected chi connectivity index (χ2v) is 10.8. The highest BCUT2D eigenvalue weighted by Gasteiger charge is 2.33. The van der Waals surface area contributed by atoms with Gasteiger partial charge >= 0.3 is 0 Å². The highest BCUT2D eigenvalue weighted by Crippen LogP contribution is 2.32. The monoisotopic (exact) mass is 533 g/mol. The summed E-state index contributed by atoms with van der Waals surface area (Å²) in [6.07, 6.45) is 2.17. The minimum absolute atomic E-state index is 0.0133. The van der Waals surface area contributed by atoms with Crippen molar-refractivity contribution in [1.82, 2.24) is 10.2 Å². The van der Waals surface area contributed by atoms with Gasteiger partial charge in [-0.25, -0.2) is 0 Å². The van der Waals surface area contributed by atoms with Crippen LogP contribution in [0.5, 0.6) is 5.75 Å². The van der Waals surface area contributed by atoms with Crippen LogP contribution in [0.4, 0.5) is 5.69 Å². The van der Waals surface area contributed by atoms with E-state index >= 15 is 0 Å². The van der Waals surface area contributed by atoms with E-state index in [0.29, 0.717) is 47.7 Å². The smallest absolute Gasteiger partial charge is 0.225 e. The van der Waals surface area contributed by atoms with E-state index in [1.807, 2.05) is 30.3 Å². The number of carbonyl (C=O) groups excluding carboxylic acids is 1. The molecule has 0 spiro atoms. The van der Waals surface area contributed by atoms with Crippen LogP contribution in [-0.2, 0) is 9.53 Å². The van der Waals surface area contributed by atoms with Gasteiger partial charge < -0.3 is 29.7 Å². The first-order valence-electron chi connectivity index (χ1n) is 12.7. The Balaban J connectivity index is 1.25. The average molecular weight is 534 g/mol.